The van der Waals surface area contributed by atoms with Crippen molar-refractivity contribution in [3.8, 4) is 0 Å². The van der Waals surface area contributed by atoms with Crippen LogP contribution in [0.25, 0.3) is 0 Å². The predicted octanol–water partition coefficient (Wildman–Crippen LogP) is 1.91. The van der Waals surface area contributed by atoms with Gasteiger partial charge in [0.25, 0.3) is 6.47 Å². The SMILES string of the molecule is CCC=CCCCOC=O. The number of allylic oxidation sites excluding steroid dienone is 2. The van der Waals surface area contributed by atoms with Crippen molar-refractivity contribution in [1.82, 2.24) is 0 Å². The summed E-state index contributed by atoms with van der Waals surface area (Å²) in [4.78, 5) is 9.65. The lowest BCUT2D eigenvalue weighted by atomic mass is 10.3. The van der Waals surface area contributed by atoms with E-state index in [0.717, 1.165) is 19.3 Å². The molecule has 0 unspecified atom stereocenters. The van der Waals surface area contributed by atoms with E-state index < -0.39 is 0 Å². The first-order valence-electron chi connectivity index (χ1n) is 3.62. The van der Waals surface area contributed by atoms with E-state index in [2.05, 4.69) is 23.8 Å². The Morgan fingerprint density at radius 1 is 1.40 bits per heavy atom. The molecule has 0 radical (unpaired) electrons. The highest BCUT2D eigenvalue weighted by molar-refractivity contribution is 5.36. The molecule has 0 saturated heterocycles. The molecule has 0 rings (SSSR count). The third-order valence-corrected chi connectivity index (χ3v) is 1.10. The summed E-state index contributed by atoms with van der Waals surface area (Å²) in [5, 5.41) is 0. The molecule has 0 aliphatic heterocycles. The fourth-order valence-corrected chi connectivity index (χ4v) is 0.617. The van der Waals surface area contributed by atoms with Crippen LogP contribution < -0.4 is 0 Å². The Morgan fingerprint density at radius 3 is 2.80 bits per heavy atom. The highest BCUT2D eigenvalue weighted by atomic mass is 16.5. The quantitative estimate of drug-likeness (QED) is 0.321. The summed E-state index contributed by atoms with van der Waals surface area (Å²) in [5.41, 5.74) is 0. The number of carbonyl (C=O) groups excluding carboxylic acids is 1. The fraction of sp³-hybridized carbons (Fsp3) is 0.625. The molecule has 0 aliphatic rings. The van der Waals surface area contributed by atoms with Gasteiger partial charge in [0.15, 0.2) is 0 Å². The maximum Gasteiger partial charge on any atom is 0.293 e. The van der Waals surface area contributed by atoms with E-state index in [0.29, 0.717) is 13.1 Å². The van der Waals surface area contributed by atoms with Crippen LogP contribution in [0.15, 0.2) is 12.2 Å². The van der Waals surface area contributed by atoms with Crippen LogP contribution >= 0.6 is 0 Å². The zero-order valence-electron chi connectivity index (χ0n) is 6.38. The third kappa shape index (κ3) is 7.21. The zero-order chi connectivity index (χ0) is 7.66. The molecule has 0 N–H and O–H groups in total. The summed E-state index contributed by atoms with van der Waals surface area (Å²) in [6, 6.07) is 0. The maximum atomic E-state index is 9.65. The minimum absolute atomic E-state index is 0.490. The van der Waals surface area contributed by atoms with Crippen molar-refractivity contribution in [3.63, 3.8) is 0 Å². The Hall–Kier alpha value is -0.790. The molecule has 2 heteroatoms. The Morgan fingerprint density at radius 2 is 2.20 bits per heavy atom. The van der Waals surface area contributed by atoms with Crippen LogP contribution in [0.4, 0.5) is 0 Å². The Kier molecular flexibility index (Phi) is 7.56. The van der Waals surface area contributed by atoms with Crippen LogP contribution in [0, 0.1) is 0 Å². The molecule has 0 aromatic heterocycles. The van der Waals surface area contributed by atoms with Crippen LogP contribution in [0.5, 0.6) is 0 Å². The minimum atomic E-state index is 0.490. The number of carbonyl (C=O) groups is 1. The van der Waals surface area contributed by atoms with Crippen LogP contribution in [-0.2, 0) is 9.53 Å². The lowest BCUT2D eigenvalue weighted by Crippen LogP contribution is -1.89. The first kappa shape index (κ1) is 9.21. The van der Waals surface area contributed by atoms with Gasteiger partial charge in [-0.15, -0.1) is 0 Å². The largest absolute Gasteiger partial charge is 0.468 e. The second-order valence-corrected chi connectivity index (χ2v) is 1.99. The van der Waals surface area contributed by atoms with Gasteiger partial charge in [0.1, 0.15) is 0 Å². The molecule has 0 bridgehead atoms. The Labute approximate surface area is 61.9 Å². The van der Waals surface area contributed by atoms with Crippen molar-refractivity contribution in [2.75, 3.05) is 6.61 Å². The fourth-order valence-electron chi connectivity index (χ4n) is 0.617. The monoisotopic (exact) mass is 142 g/mol. The van der Waals surface area contributed by atoms with E-state index in [9.17, 15) is 4.79 Å². The van der Waals surface area contributed by atoms with E-state index >= 15 is 0 Å². The predicted molar refractivity (Wildman–Crippen MR) is 40.7 cm³/mol. The molecule has 10 heavy (non-hydrogen) atoms. The van der Waals surface area contributed by atoms with Gasteiger partial charge >= 0.3 is 0 Å². The maximum absolute atomic E-state index is 9.65. The van der Waals surface area contributed by atoms with Crippen molar-refractivity contribution >= 4 is 6.47 Å². The third-order valence-electron chi connectivity index (χ3n) is 1.10. The molecule has 0 aromatic carbocycles. The van der Waals surface area contributed by atoms with Crippen molar-refractivity contribution in [2.24, 2.45) is 0 Å². The summed E-state index contributed by atoms with van der Waals surface area (Å²) >= 11 is 0. The lowest BCUT2D eigenvalue weighted by molar-refractivity contribution is -0.128. The van der Waals surface area contributed by atoms with Crippen molar-refractivity contribution < 1.29 is 9.53 Å². The lowest BCUT2D eigenvalue weighted by Gasteiger charge is -1.92. The number of hydrogen-bond donors (Lipinski definition) is 0. The second-order valence-electron chi connectivity index (χ2n) is 1.99. The van der Waals surface area contributed by atoms with E-state index in [1.807, 2.05) is 0 Å². The van der Waals surface area contributed by atoms with Crippen LogP contribution in [0.3, 0.4) is 0 Å². The van der Waals surface area contributed by atoms with Crippen LogP contribution in [0.2, 0.25) is 0 Å². The molecule has 0 fully saturated rings. The summed E-state index contributed by atoms with van der Waals surface area (Å²) < 4.78 is 4.50. The first-order valence-corrected chi connectivity index (χ1v) is 3.62. The zero-order valence-corrected chi connectivity index (χ0v) is 6.38. The van der Waals surface area contributed by atoms with E-state index in [-0.39, 0.29) is 0 Å². The van der Waals surface area contributed by atoms with Gasteiger partial charge in [-0.2, -0.15) is 0 Å². The molecule has 0 aliphatic carbocycles. The molecular formula is C8H14O2. The highest BCUT2D eigenvalue weighted by Crippen LogP contribution is 1.91. The van der Waals surface area contributed by atoms with E-state index in [1.165, 1.54) is 0 Å². The summed E-state index contributed by atoms with van der Waals surface area (Å²) in [6.45, 7) is 3.12. The summed E-state index contributed by atoms with van der Waals surface area (Å²) in [6.07, 6.45) is 7.22. The van der Waals surface area contributed by atoms with Gasteiger partial charge in [-0.25, -0.2) is 0 Å². The molecule has 58 valence electrons. The molecule has 2 nitrogen and oxygen atoms in total. The standard InChI is InChI=1S/C8H14O2/c1-2-3-4-5-6-7-10-8-9/h3-4,8H,2,5-7H2,1H3. The summed E-state index contributed by atoms with van der Waals surface area (Å²) in [5.74, 6) is 0. The first-order chi connectivity index (χ1) is 4.91. The average molecular weight is 142 g/mol. The molecular weight excluding hydrogens is 128 g/mol. The summed E-state index contributed by atoms with van der Waals surface area (Å²) in [7, 11) is 0. The molecule has 0 saturated carbocycles. The Balaban J connectivity index is 2.89. The van der Waals surface area contributed by atoms with Crippen molar-refractivity contribution in [1.29, 1.82) is 0 Å². The highest BCUT2D eigenvalue weighted by Gasteiger charge is 1.81. The van der Waals surface area contributed by atoms with Crippen LogP contribution in [0.1, 0.15) is 26.2 Å². The van der Waals surface area contributed by atoms with E-state index in [4.69, 9.17) is 0 Å². The van der Waals surface area contributed by atoms with Gasteiger partial charge in [-0.3, -0.25) is 4.79 Å². The van der Waals surface area contributed by atoms with E-state index in [1.54, 1.807) is 0 Å². The van der Waals surface area contributed by atoms with Crippen LogP contribution in [-0.4, -0.2) is 13.1 Å². The molecule has 0 atom stereocenters. The number of rotatable bonds is 6. The normalized spacial score (nSPS) is 10.1. The average Bonchev–Trinajstić information content (AvgIpc) is 1.97. The molecule has 0 amide bonds. The van der Waals surface area contributed by atoms with Crippen molar-refractivity contribution in [2.45, 2.75) is 26.2 Å². The minimum Gasteiger partial charge on any atom is -0.468 e. The number of hydrogen-bond acceptors (Lipinski definition) is 2. The van der Waals surface area contributed by atoms with Gasteiger partial charge in [0.05, 0.1) is 6.61 Å². The number of unbranched alkanes of at least 4 members (excludes halogenated alkanes) is 1. The van der Waals surface area contributed by atoms with Gasteiger partial charge < -0.3 is 4.74 Å². The topological polar surface area (TPSA) is 26.3 Å². The van der Waals surface area contributed by atoms with Gasteiger partial charge in [-0.05, 0) is 19.3 Å². The molecule has 0 aromatic rings. The number of ether oxygens (including phenoxy) is 1. The molecule has 0 spiro atoms. The van der Waals surface area contributed by atoms with Gasteiger partial charge in [0, 0.05) is 0 Å². The van der Waals surface area contributed by atoms with Gasteiger partial charge in [0.2, 0.25) is 0 Å². The smallest absolute Gasteiger partial charge is 0.293 e. The van der Waals surface area contributed by atoms with Crippen molar-refractivity contribution in [3.05, 3.63) is 12.2 Å². The van der Waals surface area contributed by atoms with Gasteiger partial charge in [-0.1, -0.05) is 19.1 Å². The second kappa shape index (κ2) is 8.21. The Bertz CT molecular complexity index is 97.4. The molecule has 0 heterocycles.